The van der Waals surface area contributed by atoms with E-state index in [2.05, 4.69) is 26.9 Å². The van der Waals surface area contributed by atoms with Gasteiger partial charge in [-0.05, 0) is 61.9 Å². The minimum absolute atomic E-state index is 0.0137. The molecule has 0 aliphatic carbocycles. The first-order chi connectivity index (χ1) is 19.9. The first-order valence-corrected chi connectivity index (χ1v) is 14.4. The lowest BCUT2D eigenvalue weighted by Crippen LogP contribution is -2.47. The largest absolute Gasteiger partial charge is 0.497 e. The molecule has 9 heteroatoms. The van der Waals surface area contributed by atoms with Crippen LogP contribution >= 0.6 is 11.6 Å². The molecule has 1 aromatic heterocycles. The maximum absolute atomic E-state index is 13.6. The summed E-state index contributed by atoms with van der Waals surface area (Å²) in [4.78, 5) is 36.3. The van der Waals surface area contributed by atoms with E-state index in [1.807, 2.05) is 32.0 Å². The van der Waals surface area contributed by atoms with E-state index in [9.17, 15) is 9.59 Å². The molecule has 5 rings (SSSR count). The van der Waals surface area contributed by atoms with Crippen molar-refractivity contribution in [3.05, 3.63) is 94.0 Å². The Morgan fingerprint density at radius 3 is 2.37 bits per heavy atom. The molecule has 3 aromatic carbocycles. The number of nitrogens with zero attached hydrogens (tertiary/aromatic N) is 4. The summed E-state index contributed by atoms with van der Waals surface area (Å²) in [6.07, 6.45) is -0.131. The Balaban J connectivity index is 1.35. The third kappa shape index (κ3) is 6.62. The molecule has 4 aromatic rings. The fraction of sp³-hybridized carbons (Fsp3) is 0.344. The molecular formula is C32H35ClN4O4. The van der Waals surface area contributed by atoms with Gasteiger partial charge in [-0.1, -0.05) is 24.3 Å². The lowest BCUT2D eigenvalue weighted by Gasteiger charge is -2.34. The maximum atomic E-state index is 13.6. The summed E-state index contributed by atoms with van der Waals surface area (Å²) < 4.78 is 12.8. The van der Waals surface area contributed by atoms with Crippen LogP contribution in [0.25, 0.3) is 16.6 Å². The van der Waals surface area contributed by atoms with Crippen LogP contribution in [0.15, 0.2) is 71.5 Å². The first-order valence-electron chi connectivity index (χ1n) is 13.8. The summed E-state index contributed by atoms with van der Waals surface area (Å²) in [7, 11) is 1.67. The van der Waals surface area contributed by atoms with Gasteiger partial charge in [0.1, 0.15) is 17.3 Å². The van der Waals surface area contributed by atoms with Crippen LogP contribution in [0.1, 0.15) is 35.6 Å². The molecule has 0 atom stereocenters. The van der Waals surface area contributed by atoms with Crippen LogP contribution in [0.3, 0.4) is 0 Å². The number of hydrogen-bond acceptors (Lipinski definition) is 7. The molecule has 0 bridgehead atoms. The number of carbonyl (C=O) groups is 1. The number of piperazine rings is 1. The van der Waals surface area contributed by atoms with E-state index in [1.165, 1.54) is 10.1 Å². The third-order valence-electron chi connectivity index (χ3n) is 7.25. The van der Waals surface area contributed by atoms with Gasteiger partial charge >= 0.3 is 0 Å². The second-order valence-corrected chi connectivity index (χ2v) is 10.8. The van der Waals surface area contributed by atoms with E-state index in [0.29, 0.717) is 40.3 Å². The summed E-state index contributed by atoms with van der Waals surface area (Å²) in [5.41, 5.74) is 2.54. The fourth-order valence-electron chi connectivity index (χ4n) is 5.12. The van der Waals surface area contributed by atoms with Gasteiger partial charge in [0.05, 0.1) is 42.2 Å². The summed E-state index contributed by atoms with van der Waals surface area (Å²) in [5, 5.41) is 0.473. The second kappa shape index (κ2) is 12.9. The lowest BCUT2D eigenvalue weighted by molar-refractivity contribution is 0.0843. The molecule has 0 saturated carbocycles. The zero-order valence-electron chi connectivity index (χ0n) is 23.7. The Bertz CT molecular complexity index is 1580. The number of ketones is 1. The van der Waals surface area contributed by atoms with Crippen molar-refractivity contribution in [1.82, 2.24) is 19.4 Å². The predicted molar refractivity (Wildman–Crippen MR) is 162 cm³/mol. The monoisotopic (exact) mass is 574 g/mol. The molecule has 1 aliphatic rings. The van der Waals surface area contributed by atoms with Gasteiger partial charge in [0.2, 0.25) is 0 Å². The Kier molecular flexibility index (Phi) is 9.03. The van der Waals surface area contributed by atoms with Crippen molar-refractivity contribution in [2.45, 2.75) is 32.4 Å². The molecule has 1 saturated heterocycles. The smallest absolute Gasteiger partial charge is 0.266 e. The van der Waals surface area contributed by atoms with E-state index < -0.39 is 0 Å². The highest BCUT2D eigenvalue weighted by Crippen LogP contribution is 2.27. The van der Waals surface area contributed by atoms with Gasteiger partial charge in [-0.2, -0.15) is 0 Å². The molecule has 0 spiro atoms. The van der Waals surface area contributed by atoms with Gasteiger partial charge in [0, 0.05) is 38.3 Å². The normalized spacial score (nSPS) is 14.5. The molecular weight excluding hydrogens is 540 g/mol. The van der Waals surface area contributed by atoms with E-state index >= 15 is 0 Å². The number of fused-ring (bicyclic) bond motifs is 1. The van der Waals surface area contributed by atoms with Gasteiger partial charge in [0.25, 0.3) is 5.56 Å². The SMILES string of the molecule is COc1ccc(CN2CCN(CC(=O)c3ccc(OC(C)C)c(-n4c(CCl)nc5ccccc5c4=O)c3)CC2)cc1. The van der Waals surface area contributed by atoms with Crippen molar-refractivity contribution >= 4 is 28.3 Å². The van der Waals surface area contributed by atoms with Crippen molar-refractivity contribution < 1.29 is 14.3 Å². The number of alkyl halides is 1. The van der Waals surface area contributed by atoms with Gasteiger partial charge in [-0.3, -0.25) is 24.0 Å². The Labute approximate surface area is 245 Å². The number of rotatable bonds is 10. The van der Waals surface area contributed by atoms with Crippen LogP contribution in [-0.2, 0) is 12.4 Å². The second-order valence-electron chi connectivity index (χ2n) is 10.5. The number of Topliss-reactive ketones (excluding diaryl/α,β-unsaturated/α-hetero) is 1. The van der Waals surface area contributed by atoms with E-state index in [1.54, 1.807) is 43.5 Å². The van der Waals surface area contributed by atoms with Crippen molar-refractivity contribution in [2.75, 3.05) is 39.8 Å². The summed E-state index contributed by atoms with van der Waals surface area (Å²) in [5.74, 6) is 1.75. The summed E-state index contributed by atoms with van der Waals surface area (Å²) >= 11 is 6.27. The fourth-order valence-corrected chi connectivity index (χ4v) is 5.30. The standard InChI is InChI=1S/C32H35ClN4O4/c1-22(2)41-30-13-10-24(18-28(30)37-31(19-33)34-27-7-5-4-6-26(27)32(37)39)29(38)21-36-16-14-35(15-17-36)20-23-8-11-25(40-3)12-9-23/h4-13,18,22H,14-17,19-21H2,1-3H3. The Morgan fingerprint density at radius 2 is 1.68 bits per heavy atom. The van der Waals surface area contributed by atoms with Crippen molar-refractivity contribution in [3.8, 4) is 17.2 Å². The van der Waals surface area contributed by atoms with Crippen molar-refractivity contribution in [2.24, 2.45) is 0 Å². The third-order valence-corrected chi connectivity index (χ3v) is 7.49. The zero-order valence-corrected chi connectivity index (χ0v) is 24.4. The molecule has 214 valence electrons. The average Bonchev–Trinajstić information content (AvgIpc) is 2.98. The van der Waals surface area contributed by atoms with Gasteiger partial charge in [-0.15, -0.1) is 11.6 Å². The van der Waals surface area contributed by atoms with Crippen LogP contribution in [0.4, 0.5) is 0 Å². The predicted octanol–water partition coefficient (Wildman–Crippen LogP) is 4.92. The van der Waals surface area contributed by atoms with Gasteiger partial charge < -0.3 is 9.47 Å². The summed E-state index contributed by atoms with van der Waals surface area (Å²) in [6, 6.07) is 20.6. The number of methoxy groups -OCH3 is 1. The Hall–Kier alpha value is -3.72. The van der Waals surface area contributed by atoms with E-state index in [4.69, 9.17) is 21.1 Å². The molecule has 8 nitrogen and oxygen atoms in total. The van der Waals surface area contributed by atoms with E-state index in [0.717, 1.165) is 38.5 Å². The van der Waals surface area contributed by atoms with Crippen LogP contribution in [0.2, 0.25) is 0 Å². The number of halogens is 1. The van der Waals surface area contributed by atoms with Crippen LogP contribution in [0.5, 0.6) is 11.5 Å². The number of ether oxygens (including phenoxy) is 2. The molecule has 0 N–H and O–H groups in total. The van der Waals surface area contributed by atoms with Crippen molar-refractivity contribution in [1.29, 1.82) is 0 Å². The number of carbonyl (C=O) groups excluding carboxylic acids is 1. The number of hydrogen-bond donors (Lipinski definition) is 0. The maximum Gasteiger partial charge on any atom is 0.266 e. The summed E-state index contributed by atoms with van der Waals surface area (Å²) in [6.45, 7) is 8.35. The molecule has 2 heterocycles. The minimum Gasteiger partial charge on any atom is -0.497 e. The van der Waals surface area contributed by atoms with Crippen LogP contribution < -0.4 is 15.0 Å². The lowest BCUT2D eigenvalue weighted by atomic mass is 10.1. The number of benzene rings is 3. The topological polar surface area (TPSA) is 76.9 Å². The van der Waals surface area contributed by atoms with E-state index in [-0.39, 0.29) is 23.3 Å². The highest BCUT2D eigenvalue weighted by molar-refractivity contribution is 6.16. The molecule has 1 aliphatic heterocycles. The highest BCUT2D eigenvalue weighted by atomic mass is 35.5. The van der Waals surface area contributed by atoms with Crippen LogP contribution in [0, 0.1) is 0 Å². The van der Waals surface area contributed by atoms with Gasteiger partial charge in [0.15, 0.2) is 5.78 Å². The molecule has 0 unspecified atom stereocenters. The first kappa shape index (κ1) is 28.8. The number of para-hydroxylation sites is 1. The molecule has 41 heavy (non-hydrogen) atoms. The van der Waals surface area contributed by atoms with Crippen LogP contribution in [-0.4, -0.2) is 71.1 Å². The number of aromatic nitrogens is 2. The Morgan fingerprint density at radius 1 is 0.976 bits per heavy atom. The van der Waals surface area contributed by atoms with Gasteiger partial charge in [-0.25, -0.2) is 4.98 Å². The molecule has 1 fully saturated rings. The molecule has 0 radical (unpaired) electrons. The minimum atomic E-state index is -0.252. The highest BCUT2D eigenvalue weighted by Gasteiger charge is 2.22. The quantitative estimate of drug-likeness (QED) is 0.196. The average molecular weight is 575 g/mol. The van der Waals surface area contributed by atoms with Crippen molar-refractivity contribution in [3.63, 3.8) is 0 Å². The zero-order chi connectivity index (χ0) is 28.9. The molecule has 0 amide bonds.